The highest BCUT2D eigenvalue weighted by Gasteiger charge is 2.15. The van der Waals surface area contributed by atoms with Gasteiger partial charge in [0.25, 0.3) is 0 Å². The van der Waals surface area contributed by atoms with Crippen LogP contribution in [0.1, 0.15) is 31.1 Å². The molecule has 0 bridgehead atoms. The van der Waals surface area contributed by atoms with Gasteiger partial charge in [-0.1, -0.05) is 0 Å². The van der Waals surface area contributed by atoms with E-state index in [0.717, 1.165) is 0 Å². The van der Waals surface area contributed by atoms with Crippen molar-refractivity contribution in [2.75, 3.05) is 18.1 Å². The predicted octanol–water partition coefficient (Wildman–Crippen LogP) is 2.24. The SMILES string of the molecule is CC(=O)c1ccc(N(CCO)C(C)C)c(F)c1. The van der Waals surface area contributed by atoms with Crippen molar-refractivity contribution in [1.29, 1.82) is 0 Å². The van der Waals surface area contributed by atoms with Crippen LogP contribution < -0.4 is 4.90 Å². The lowest BCUT2D eigenvalue weighted by atomic mass is 10.1. The quantitative estimate of drug-likeness (QED) is 0.801. The summed E-state index contributed by atoms with van der Waals surface area (Å²) in [5.74, 6) is -0.589. The molecule has 0 aliphatic carbocycles. The lowest BCUT2D eigenvalue weighted by molar-refractivity contribution is 0.101. The molecule has 0 fully saturated rings. The third-order valence-corrected chi connectivity index (χ3v) is 2.63. The summed E-state index contributed by atoms with van der Waals surface area (Å²) in [6.07, 6.45) is 0. The summed E-state index contributed by atoms with van der Waals surface area (Å²) >= 11 is 0. The minimum Gasteiger partial charge on any atom is -0.395 e. The van der Waals surface area contributed by atoms with E-state index >= 15 is 0 Å². The fraction of sp³-hybridized carbons (Fsp3) is 0.462. The number of aliphatic hydroxyl groups excluding tert-OH is 1. The first-order valence-electron chi connectivity index (χ1n) is 5.65. The van der Waals surface area contributed by atoms with E-state index in [2.05, 4.69) is 0 Å². The van der Waals surface area contributed by atoms with Crippen LogP contribution in [0.25, 0.3) is 0 Å². The number of aliphatic hydroxyl groups is 1. The number of benzene rings is 1. The van der Waals surface area contributed by atoms with Gasteiger partial charge in [0, 0.05) is 18.2 Å². The van der Waals surface area contributed by atoms with Crippen LogP contribution >= 0.6 is 0 Å². The molecular weight excluding hydrogens is 221 g/mol. The summed E-state index contributed by atoms with van der Waals surface area (Å²) in [6, 6.07) is 4.51. The molecule has 0 radical (unpaired) electrons. The molecule has 0 spiro atoms. The van der Waals surface area contributed by atoms with E-state index < -0.39 is 5.82 Å². The molecule has 17 heavy (non-hydrogen) atoms. The molecule has 0 saturated heterocycles. The largest absolute Gasteiger partial charge is 0.395 e. The van der Waals surface area contributed by atoms with Gasteiger partial charge >= 0.3 is 0 Å². The molecule has 1 N–H and O–H groups in total. The standard InChI is InChI=1S/C13H18FNO2/c1-9(2)15(6-7-16)13-5-4-11(10(3)17)8-12(13)14/h4-5,8-9,16H,6-7H2,1-3H3. The van der Waals surface area contributed by atoms with Crippen molar-refractivity contribution < 1.29 is 14.3 Å². The van der Waals surface area contributed by atoms with Crippen molar-refractivity contribution in [3.8, 4) is 0 Å². The third-order valence-electron chi connectivity index (χ3n) is 2.63. The Labute approximate surface area is 101 Å². The lowest BCUT2D eigenvalue weighted by Crippen LogP contribution is -2.34. The Balaban J connectivity index is 3.08. The van der Waals surface area contributed by atoms with Crippen molar-refractivity contribution in [3.05, 3.63) is 29.6 Å². The summed E-state index contributed by atoms with van der Waals surface area (Å²) in [4.78, 5) is 12.9. The average Bonchev–Trinajstić information content (AvgIpc) is 2.26. The average molecular weight is 239 g/mol. The van der Waals surface area contributed by atoms with Crippen LogP contribution in [0, 0.1) is 5.82 Å². The number of rotatable bonds is 5. The van der Waals surface area contributed by atoms with Gasteiger partial charge in [-0.3, -0.25) is 4.79 Å². The van der Waals surface area contributed by atoms with Crippen LogP contribution in [0.4, 0.5) is 10.1 Å². The fourth-order valence-electron chi connectivity index (χ4n) is 1.72. The van der Waals surface area contributed by atoms with Gasteiger partial charge in [0.15, 0.2) is 5.78 Å². The first-order chi connectivity index (χ1) is 7.97. The first kappa shape index (κ1) is 13.6. The number of carbonyl (C=O) groups excluding carboxylic acids is 1. The number of hydrogen-bond acceptors (Lipinski definition) is 3. The van der Waals surface area contributed by atoms with Crippen molar-refractivity contribution in [3.63, 3.8) is 0 Å². The molecule has 0 heterocycles. The summed E-state index contributed by atoms with van der Waals surface area (Å²) in [6.45, 7) is 5.59. The van der Waals surface area contributed by atoms with Gasteiger partial charge in [0.2, 0.25) is 0 Å². The molecule has 0 aliphatic heterocycles. The van der Waals surface area contributed by atoms with E-state index in [1.807, 2.05) is 13.8 Å². The second kappa shape index (κ2) is 5.77. The van der Waals surface area contributed by atoms with Crippen LogP contribution in [0.2, 0.25) is 0 Å². The molecule has 4 heteroatoms. The molecule has 1 rings (SSSR count). The second-order valence-corrected chi connectivity index (χ2v) is 4.23. The molecule has 0 atom stereocenters. The summed E-state index contributed by atoms with van der Waals surface area (Å²) in [5.41, 5.74) is 0.776. The number of ketones is 1. The van der Waals surface area contributed by atoms with Gasteiger partial charge in [-0.25, -0.2) is 4.39 Å². The minimum absolute atomic E-state index is 0.0356. The highest BCUT2D eigenvalue weighted by Crippen LogP contribution is 2.22. The van der Waals surface area contributed by atoms with Gasteiger partial charge < -0.3 is 10.0 Å². The number of hydrogen-bond donors (Lipinski definition) is 1. The maximum absolute atomic E-state index is 13.9. The van der Waals surface area contributed by atoms with E-state index in [1.165, 1.54) is 13.0 Å². The molecule has 0 unspecified atom stereocenters. The van der Waals surface area contributed by atoms with E-state index in [1.54, 1.807) is 17.0 Å². The zero-order chi connectivity index (χ0) is 13.0. The van der Waals surface area contributed by atoms with Gasteiger partial charge in [-0.05, 0) is 39.0 Å². The molecular formula is C13H18FNO2. The normalized spacial score (nSPS) is 10.7. The van der Waals surface area contributed by atoms with Gasteiger partial charge in [-0.15, -0.1) is 0 Å². The number of anilines is 1. The zero-order valence-corrected chi connectivity index (χ0v) is 10.4. The molecule has 94 valence electrons. The van der Waals surface area contributed by atoms with Gasteiger partial charge in [0.05, 0.1) is 12.3 Å². The Kier molecular flexibility index (Phi) is 4.63. The molecule has 3 nitrogen and oxygen atoms in total. The smallest absolute Gasteiger partial charge is 0.159 e. The number of Topliss-reactive ketones (excluding diaryl/α,β-unsaturated/α-hetero) is 1. The number of nitrogens with zero attached hydrogens (tertiary/aromatic N) is 1. The summed E-state index contributed by atoms with van der Waals surface area (Å²) < 4.78 is 13.9. The monoisotopic (exact) mass is 239 g/mol. The fourth-order valence-corrected chi connectivity index (χ4v) is 1.72. The first-order valence-corrected chi connectivity index (χ1v) is 5.65. The molecule has 0 aliphatic rings. The van der Waals surface area contributed by atoms with Crippen LogP contribution in [-0.2, 0) is 0 Å². The van der Waals surface area contributed by atoms with Crippen molar-refractivity contribution in [2.24, 2.45) is 0 Å². The highest BCUT2D eigenvalue weighted by atomic mass is 19.1. The van der Waals surface area contributed by atoms with Crippen molar-refractivity contribution >= 4 is 11.5 Å². The molecule has 0 amide bonds. The maximum Gasteiger partial charge on any atom is 0.159 e. The van der Waals surface area contributed by atoms with Crippen LogP contribution in [0.3, 0.4) is 0 Å². The van der Waals surface area contributed by atoms with Crippen LogP contribution in [0.5, 0.6) is 0 Å². The number of carbonyl (C=O) groups is 1. The predicted molar refractivity (Wildman–Crippen MR) is 66.0 cm³/mol. The lowest BCUT2D eigenvalue weighted by Gasteiger charge is -2.28. The van der Waals surface area contributed by atoms with Crippen LogP contribution in [-0.4, -0.2) is 30.1 Å². The summed E-state index contributed by atoms with van der Waals surface area (Å²) in [5, 5.41) is 8.96. The Morgan fingerprint density at radius 3 is 2.53 bits per heavy atom. The Morgan fingerprint density at radius 2 is 2.12 bits per heavy atom. The van der Waals surface area contributed by atoms with E-state index in [0.29, 0.717) is 17.8 Å². The zero-order valence-electron chi connectivity index (χ0n) is 10.4. The second-order valence-electron chi connectivity index (χ2n) is 4.23. The summed E-state index contributed by atoms with van der Waals surface area (Å²) in [7, 11) is 0. The van der Waals surface area contributed by atoms with Crippen LogP contribution in [0.15, 0.2) is 18.2 Å². The Bertz CT molecular complexity index is 404. The third kappa shape index (κ3) is 3.27. The minimum atomic E-state index is -0.431. The Hall–Kier alpha value is -1.42. The van der Waals surface area contributed by atoms with E-state index in [-0.39, 0.29) is 18.4 Å². The Morgan fingerprint density at radius 1 is 1.47 bits per heavy atom. The molecule has 1 aromatic carbocycles. The highest BCUT2D eigenvalue weighted by molar-refractivity contribution is 5.94. The van der Waals surface area contributed by atoms with Gasteiger partial charge in [0.1, 0.15) is 5.82 Å². The maximum atomic E-state index is 13.9. The molecule has 1 aromatic rings. The number of halogens is 1. The van der Waals surface area contributed by atoms with E-state index in [4.69, 9.17) is 5.11 Å². The topological polar surface area (TPSA) is 40.5 Å². The van der Waals surface area contributed by atoms with Gasteiger partial charge in [-0.2, -0.15) is 0 Å². The van der Waals surface area contributed by atoms with E-state index in [9.17, 15) is 9.18 Å². The molecule has 0 saturated carbocycles. The molecule has 0 aromatic heterocycles. The van der Waals surface area contributed by atoms with Crippen molar-refractivity contribution in [2.45, 2.75) is 26.8 Å². The van der Waals surface area contributed by atoms with Crippen molar-refractivity contribution in [1.82, 2.24) is 0 Å².